The zero-order chi connectivity index (χ0) is 24.9. The second kappa shape index (κ2) is 19.4. The highest BCUT2D eigenvalue weighted by Gasteiger charge is 2.04. The summed E-state index contributed by atoms with van der Waals surface area (Å²) in [6.07, 6.45) is 22.1. The number of anilines is 1. The zero-order valence-electron chi connectivity index (χ0n) is 21.1. The molecule has 0 aliphatic heterocycles. The highest BCUT2D eigenvalue weighted by molar-refractivity contribution is 7.85. The molecule has 7 heteroatoms. The van der Waals surface area contributed by atoms with Crippen LogP contribution in [0.15, 0.2) is 30.3 Å². The van der Waals surface area contributed by atoms with E-state index in [1.54, 1.807) is 6.08 Å². The van der Waals surface area contributed by atoms with Crippen LogP contribution in [0.2, 0.25) is 0 Å². The topological polar surface area (TPSA) is 95.5 Å². The van der Waals surface area contributed by atoms with E-state index in [0.717, 1.165) is 17.8 Å². The number of hydrogen-bond donors (Lipinski definition) is 3. The van der Waals surface area contributed by atoms with Gasteiger partial charge >= 0.3 is 0 Å². The van der Waals surface area contributed by atoms with Gasteiger partial charge in [-0.2, -0.15) is 8.42 Å². The van der Waals surface area contributed by atoms with Gasteiger partial charge in [-0.3, -0.25) is 9.35 Å². The Hall–Kier alpha value is -1.86. The Morgan fingerprint density at radius 2 is 1.29 bits per heavy atom. The maximum absolute atomic E-state index is 11.7. The maximum atomic E-state index is 11.7. The predicted octanol–water partition coefficient (Wildman–Crippen LogP) is 6.60. The number of rotatable bonds is 21. The van der Waals surface area contributed by atoms with Crippen LogP contribution in [0, 0.1) is 0 Å². The van der Waals surface area contributed by atoms with Gasteiger partial charge in [-0.15, -0.1) is 0 Å². The smallest absolute Gasteiger partial charge is 0.266 e. The van der Waals surface area contributed by atoms with Gasteiger partial charge in [-0.1, -0.05) is 103 Å². The first-order chi connectivity index (χ1) is 16.4. The van der Waals surface area contributed by atoms with E-state index in [-0.39, 0.29) is 6.54 Å². The Balaban J connectivity index is 2.00. The molecule has 34 heavy (non-hydrogen) atoms. The van der Waals surface area contributed by atoms with Crippen molar-refractivity contribution in [1.29, 1.82) is 0 Å². The summed E-state index contributed by atoms with van der Waals surface area (Å²) < 4.78 is 29.9. The molecule has 0 aliphatic carbocycles. The summed E-state index contributed by atoms with van der Waals surface area (Å²) in [7, 11) is -4.06. The van der Waals surface area contributed by atoms with Crippen molar-refractivity contribution in [2.75, 3.05) is 24.2 Å². The summed E-state index contributed by atoms with van der Waals surface area (Å²) in [4.78, 5) is 11.7. The van der Waals surface area contributed by atoms with Gasteiger partial charge in [0.25, 0.3) is 10.1 Å². The fourth-order valence-electron chi connectivity index (χ4n) is 3.80. The molecule has 0 aliphatic rings. The minimum absolute atomic E-state index is 0.121. The molecule has 1 amide bonds. The van der Waals surface area contributed by atoms with Gasteiger partial charge in [0.15, 0.2) is 0 Å². The van der Waals surface area contributed by atoms with Crippen molar-refractivity contribution >= 4 is 27.8 Å². The van der Waals surface area contributed by atoms with Gasteiger partial charge in [0.05, 0.1) is 5.75 Å². The second-order valence-electron chi connectivity index (χ2n) is 9.06. The fraction of sp³-hybridized carbons (Fsp3) is 0.667. The monoisotopic (exact) mass is 494 g/mol. The van der Waals surface area contributed by atoms with Crippen LogP contribution in [-0.4, -0.2) is 37.7 Å². The first-order valence-electron chi connectivity index (χ1n) is 13.2. The van der Waals surface area contributed by atoms with Gasteiger partial charge in [0.1, 0.15) is 0 Å². The van der Waals surface area contributed by atoms with Gasteiger partial charge < -0.3 is 10.6 Å². The Morgan fingerprint density at radius 1 is 0.794 bits per heavy atom. The molecule has 0 aromatic heterocycles. The van der Waals surface area contributed by atoms with Crippen molar-refractivity contribution < 1.29 is 17.8 Å². The third kappa shape index (κ3) is 18.6. The number of benzene rings is 1. The van der Waals surface area contributed by atoms with E-state index >= 15 is 0 Å². The Labute approximate surface area is 207 Å². The number of unbranched alkanes of at least 4 members (excludes halogenated alkanes) is 13. The van der Waals surface area contributed by atoms with E-state index in [2.05, 4.69) is 17.6 Å². The average Bonchev–Trinajstić information content (AvgIpc) is 2.80. The number of nitrogens with one attached hydrogen (secondary N) is 2. The molecule has 1 aromatic rings. The number of hydrogen-bond acceptors (Lipinski definition) is 4. The van der Waals surface area contributed by atoms with Crippen molar-refractivity contribution in [3.8, 4) is 0 Å². The Kier molecular flexibility index (Phi) is 17.3. The molecule has 0 saturated heterocycles. The molecule has 0 radical (unpaired) electrons. The lowest BCUT2D eigenvalue weighted by Gasteiger charge is -2.07. The molecule has 0 atom stereocenters. The molecule has 0 heterocycles. The summed E-state index contributed by atoms with van der Waals surface area (Å²) in [6.45, 7) is 3.11. The van der Waals surface area contributed by atoms with Crippen LogP contribution in [0.1, 0.15) is 102 Å². The molecular weight excluding hydrogens is 448 g/mol. The number of amides is 1. The van der Waals surface area contributed by atoms with Gasteiger partial charge in [-0.05, 0) is 30.2 Å². The molecule has 0 unspecified atom stereocenters. The third-order valence-corrected chi connectivity index (χ3v) is 6.58. The van der Waals surface area contributed by atoms with Crippen molar-refractivity contribution in [2.45, 2.75) is 96.8 Å². The molecule has 6 nitrogen and oxygen atoms in total. The summed E-state index contributed by atoms with van der Waals surface area (Å²) in [5.41, 5.74) is 1.94. The minimum atomic E-state index is -4.06. The van der Waals surface area contributed by atoms with Crippen molar-refractivity contribution in [3.63, 3.8) is 0 Å². The first kappa shape index (κ1) is 30.2. The highest BCUT2D eigenvalue weighted by Crippen LogP contribution is 2.14. The molecule has 0 fully saturated rings. The van der Waals surface area contributed by atoms with Crippen molar-refractivity contribution in [3.05, 3.63) is 35.9 Å². The summed E-state index contributed by atoms with van der Waals surface area (Å²) in [5, 5.41) is 5.85. The number of carbonyl (C=O) groups excluding carboxylic acids is 1. The van der Waals surface area contributed by atoms with E-state index in [1.807, 2.05) is 24.3 Å². The Morgan fingerprint density at radius 3 is 1.79 bits per heavy atom. The lowest BCUT2D eigenvalue weighted by Crippen LogP contribution is -2.27. The predicted molar refractivity (Wildman–Crippen MR) is 144 cm³/mol. The third-order valence-electron chi connectivity index (χ3n) is 5.86. The van der Waals surface area contributed by atoms with E-state index in [4.69, 9.17) is 4.55 Å². The quantitative estimate of drug-likeness (QED) is 0.102. The summed E-state index contributed by atoms with van der Waals surface area (Å²) in [6, 6.07) is 7.82. The minimum Gasteiger partial charge on any atom is -0.385 e. The van der Waals surface area contributed by atoms with Gasteiger partial charge in [-0.25, -0.2) is 0 Å². The van der Waals surface area contributed by atoms with Gasteiger partial charge in [0, 0.05) is 24.9 Å². The largest absolute Gasteiger partial charge is 0.385 e. The average molecular weight is 495 g/mol. The van der Waals surface area contributed by atoms with Crippen LogP contribution in [0.3, 0.4) is 0 Å². The second-order valence-corrected chi connectivity index (χ2v) is 10.6. The van der Waals surface area contributed by atoms with Crippen LogP contribution in [0.4, 0.5) is 5.69 Å². The highest BCUT2D eigenvalue weighted by atomic mass is 32.2. The SMILES string of the molecule is CCCCCCCCCCCCCCCCNc1ccc(C=CC(=O)NCCS(=O)(=O)O)cc1. The molecule has 3 N–H and O–H groups in total. The van der Waals surface area contributed by atoms with E-state index in [1.165, 1.54) is 96.0 Å². The van der Waals surface area contributed by atoms with Crippen molar-refractivity contribution in [2.24, 2.45) is 0 Å². The standard InChI is InChI=1S/C27H46N2O4S/c1-2-3-4-5-6-7-8-9-10-11-12-13-14-15-22-28-26-19-16-25(17-20-26)18-21-27(30)29-23-24-34(31,32)33/h16-21,28H,2-15,22-24H2,1H3,(H,29,30)(H,31,32,33). The first-order valence-corrected chi connectivity index (χ1v) is 14.8. The molecule has 1 aromatic carbocycles. The molecule has 1 rings (SSSR count). The maximum Gasteiger partial charge on any atom is 0.266 e. The lowest BCUT2D eigenvalue weighted by atomic mass is 10.0. The number of carbonyl (C=O) groups is 1. The fourth-order valence-corrected chi connectivity index (χ4v) is 4.16. The van der Waals surface area contributed by atoms with E-state index in [9.17, 15) is 13.2 Å². The van der Waals surface area contributed by atoms with Crippen molar-refractivity contribution in [1.82, 2.24) is 5.32 Å². The summed E-state index contributed by atoms with van der Waals surface area (Å²) >= 11 is 0. The van der Waals surface area contributed by atoms with Crippen LogP contribution in [0.25, 0.3) is 6.08 Å². The summed E-state index contributed by atoms with van der Waals surface area (Å²) in [5.74, 6) is -0.893. The van der Waals surface area contributed by atoms with E-state index in [0.29, 0.717) is 0 Å². The molecule has 0 saturated carbocycles. The molecule has 0 bridgehead atoms. The van der Waals surface area contributed by atoms with Gasteiger partial charge in [0.2, 0.25) is 5.91 Å². The normalized spacial score (nSPS) is 11.7. The zero-order valence-corrected chi connectivity index (χ0v) is 21.9. The Bertz CT molecular complexity index is 776. The molecule has 194 valence electrons. The molecule has 0 spiro atoms. The van der Waals surface area contributed by atoms with Crippen LogP contribution >= 0.6 is 0 Å². The van der Waals surface area contributed by atoms with Crippen LogP contribution in [-0.2, 0) is 14.9 Å². The van der Waals surface area contributed by atoms with E-state index < -0.39 is 21.8 Å². The lowest BCUT2D eigenvalue weighted by molar-refractivity contribution is -0.116. The van der Waals surface area contributed by atoms with Crippen LogP contribution in [0.5, 0.6) is 0 Å². The molecular formula is C27H46N2O4S. The van der Waals surface area contributed by atoms with Crippen LogP contribution < -0.4 is 10.6 Å².